The van der Waals surface area contributed by atoms with E-state index in [4.69, 9.17) is 4.74 Å². The van der Waals surface area contributed by atoms with E-state index in [0.29, 0.717) is 19.1 Å². The number of alkyl halides is 3. The third-order valence-electron chi connectivity index (χ3n) is 3.23. The summed E-state index contributed by atoms with van der Waals surface area (Å²) in [6, 6.07) is 0. The second-order valence-electron chi connectivity index (χ2n) is 4.68. The van der Waals surface area contributed by atoms with Gasteiger partial charge in [-0.15, -0.1) is 0 Å². The zero-order chi connectivity index (χ0) is 14.8. The van der Waals surface area contributed by atoms with E-state index in [1.165, 1.54) is 0 Å². The Bertz CT molecular complexity index is 498. The molecule has 0 N–H and O–H groups in total. The summed E-state index contributed by atoms with van der Waals surface area (Å²) in [5.74, 6) is -2.64. The largest absolute Gasteiger partial charge is 0.459 e. The van der Waals surface area contributed by atoms with E-state index >= 15 is 0 Å². The lowest BCUT2D eigenvalue weighted by atomic mass is 9.98. The summed E-state index contributed by atoms with van der Waals surface area (Å²) < 4.78 is 47.5. The zero-order valence-electron chi connectivity index (χ0n) is 10.5. The van der Waals surface area contributed by atoms with Crippen LogP contribution in [0.2, 0.25) is 0 Å². The molecule has 0 unspecified atom stereocenters. The summed E-state index contributed by atoms with van der Waals surface area (Å²) >= 11 is 0. The van der Waals surface area contributed by atoms with Crippen molar-refractivity contribution < 1.29 is 31.9 Å². The number of hydrogen-bond acceptors (Lipinski definition) is 4. The summed E-state index contributed by atoms with van der Waals surface area (Å²) in [6.07, 6.45) is -0.458. The number of carbonyl (C=O) groups is 2. The molecule has 0 saturated heterocycles. The minimum absolute atomic E-state index is 0.149. The Hall–Kier alpha value is -1.79. The van der Waals surface area contributed by atoms with Crippen LogP contribution in [-0.2, 0) is 10.9 Å². The molecule has 1 aromatic heterocycles. The molecular weight excluding hydrogens is 277 g/mol. The van der Waals surface area contributed by atoms with Crippen molar-refractivity contribution in [2.75, 3.05) is 0 Å². The topological polar surface area (TPSA) is 56.5 Å². The molecule has 7 heteroatoms. The minimum Gasteiger partial charge on any atom is -0.459 e. The molecule has 2 rings (SSSR count). The number of halogens is 3. The smallest absolute Gasteiger partial charge is 0.450 e. The van der Waals surface area contributed by atoms with Crippen LogP contribution in [0.1, 0.15) is 58.6 Å². The second-order valence-corrected chi connectivity index (χ2v) is 4.68. The lowest BCUT2D eigenvalue weighted by Crippen LogP contribution is -2.23. The molecule has 4 nitrogen and oxygen atoms in total. The fraction of sp³-hybridized carbons (Fsp3) is 0.538. The fourth-order valence-electron chi connectivity index (χ4n) is 2.27. The van der Waals surface area contributed by atoms with Crippen molar-refractivity contribution in [3.63, 3.8) is 0 Å². The summed E-state index contributed by atoms with van der Waals surface area (Å²) in [4.78, 5) is 22.6. The van der Waals surface area contributed by atoms with Crippen LogP contribution in [0.3, 0.4) is 0 Å². The Balaban J connectivity index is 2.23. The van der Waals surface area contributed by atoms with Gasteiger partial charge in [0.1, 0.15) is 17.9 Å². The Labute approximate surface area is 112 Å². The summed E-state index contributed by atoms with van der Waals surface area (Å²) in [7, 11) is 0. The average Bonchev–Trinajstić information content (AvgIpc) is 2.83. The molecule has 1 aliphatic rings. The number of rotatable bonds is 3. The maximum absolute atomic E-state index is 12.7. The van der Waals surface area contributed by atoms with Crippen molar-refractivity contribution in [3.8, 4) is 0 Å². The van der Waals surface area contributed by atoms with Gasteiger partial charge in [0.25, 0.3) is 0 Å². The Morgan fingerprint density at radius 1 is 1.30 bits per heavy atom. The van der Waals surface area contributed by atoms with Crippen LogP contribution >= 0.6 is 0 Å². The molecule has 1 fully saturated rings. The SMILES string of the molecule is O=Cc1coc(C(F)(F)F)c1C(=O)OC1CCCCC1. The molecule has 1 heterocycles. The molecule has 1 saturated carbocycles. The lowest BCUT2D eigenvalue weighted by molar-refractivity contribution is -0.153. The van der Waals surface area contributed by atoms with Gasteiger partial charge >= 0.3 is 12.1 Å². The highest BCUT2D eigenvalue weighted by Gasteiger charge is 2.42. The van der Waals surface area contributed by atoms with E-state index < -0.39 is 35.1 Å². The molecule has 1 aromatic rings. The van der Waals surface area contributed by atoms with Gasteiger partial charge in [-0.1, -0.05) is 6.42 Å². The van der Waals surface area contributed by atoms with Crippen LogP contribution in [0.5, 0.6) is 0 Å². The van der Waals surface area contributed by atoms with Crippen molar-refractivity contribution in [2.24, 2.45) is 0 Å². The summed E-state index contributed by atoms with van der Waals surface area (Å²) in [5, 5.41) is 0. The van der Waals surface area contributed by atoms with Crippen LogP contribution in [0.15, 0.2) is 10.7 Å². The molecule has 0 amide bonds. The van der Waals surface area contributed by atoms with Gasteiger partial charge in [-0.05, 0) is 25.7 Å². The number of furan rings is 1. The summed E-state index contributed by atoms with van der Waals surface area (Å²) in [6.45, 7) is 0. The van der Waals surface area contributed by atoms with Crippen molar-refractivity contribution in [1.29, 1.82) is 0 Å². The first-order valence-corrected chi connectivity index (χ1v) is 6.28. The van der Waals surface area contributed by atoms with Gasteiger partial charge in [-0.3, -0.25) is 4.79 Å². The van der Waals surface area contributed by atoms with Gasteiger partial charge in [0, 0.05) is 0 Å². The third kappa shape index (κ3) is 3.02. The molecule has 20 heavy (non-hydrogen) atoms. The molecule has 0 bridgehead atoms. The van der Waals surface area contributed by atoms with E-state index in [-0.39, 0.29) is 6.29 Å². The van der Waals surface area contributed by atoms with Crippen LogP contribution < -0.4 is 0 Å². The number of aldehydes is 1. The monoisotopic (exact) mass is 290 g/mol. The van der Waals surface area contributed by atoms with Crippen molar-refractivity contribution in [1.82, 2.24) is 0 Å². The first-order chi connectivity index (χ1) is 9.43. The summed E-state index contributed by atoms with van der Waals surface area (Å²) in [5.41, 5.74) is -1.28. The van der Waals surface area contributed by atoms with Gasteiger partial charge in [0.15, 0.2) is 6.29 Å². The quantitative estimate of drug-likeness (QED) is 0.630. The maximum Gasteiger partial charge on any atom is 0.450 e. The van der Waals surface area contributed by atoms with Crippen LogP contribution in [0, 0.1) is 0 Å². The molecular formula is C13H13F3O4. The number of ether oxygens (including phenoxy) is 1. The van der Waals surface area contributed by atoms with E-state index in [1.54, 1.807) is 0 Å². The van der Waals surface area contributed by atoms with Crippen LogP contribution in [0.25, 0.3) is 0 Å². The maximum atomic E-state index is 12.7. The number of hydrogen-bond donors (Lipinski definition) is 0. The molecule has 0 spiro atoms. The number of esters is 1. The Morgan fingerprint density at radius 3 is 2.50 bits per heavy atom. The first kappa shape index (κ1) is 14.6. The standard InChI is InChI=1S/C13H13F3O4/c14-13(15,16)11-10(8(6-17)7-19-11)12(18)20-9-4-2-1-3-5-9/h6-7,9H,1-5H2. The van der Waals surface area contributed by atoms with Gasteiger partial charge in [0.2, 0.25) is 5.76 Å². The van der Waals surface area contributed by atoms with Gasteiger partial charge < -0.3 is 9.15 Å². The highest BCUT2D eigenvalue weighted by molar-refractivity contribution is 5.99. The lowest BCUT2D eigenvalue weighted by Gasteiger charge is -2.21. The fourth-order valence-corrected chi connectivity index (χ4v) is 2.27. The van der Waals surface area contributed by atoms with Gasteiger partial charge in [-0.25, -0.2) is 4.79 Å². The highest BCUT2D eigenvalue weighted by Crippen LogP contribution is 2.35. The van der Waals surface area contributed by atoms with E-state index in [9.17, 15) is 22.8 Å². The van der Waals surface area contributed by atoms with Crippen molar-refractivity contribution >= 4 is 12.3 Å². The molecule has 0 aromatic carbocycles. The molecule has 0 aliphatic heterocycles. The average molecular weight is 290 g/mol. The predicted octanol–water partition coefficient (Wildman–Crippen LogP) is 3.60. The van der Waals surface area contributed by atoms with Crippen LogP contribution in [0.4, 0.5) is 13.2 Å². The predicted molar refractivity (Wildman–Crippen MR) is 61.4 cm³/mol. The van der Waals surface area contributed by atoms with Crippen molar-refractivity contribution in [3.05, 3.63) is 23.2 Å². The van der Waals surface area contributed by atoms with E-state index in [1.807, 2.05) is 0 Å². The van der Waals surface area contributed by atoms with Crippen molar-refractivity contribution in [2.45, 2.75) is 44.4 Å². The van der Waals surface area contributed by atoms with E-state index in [2.05, 4.69) is 4.42 Å². The van der Waals surface area contributed by atoms with Crippen LogP contribution in [-0.4, -0.2) is 18.4 Å². The molecule has 0 atom stereocenters. The van der Waals surface area contributed by atoms with Gasteiger partial charge in [0.05, 0.1) is 5.56 Å². The first-order valence-electron chi connectivity index (χ1n) is 6.28. The highest BCUT2D eigenvalue weighted by atomic mass is 19.4. The van der Waals surface area contributed by atoms with Gasteiger partial charge in [-0.2, -0.15) is 13.2 Å². The van der Waals surface area contributed by atoms with E-state index in [0.717, 1.165) is 19.3 Å². The molecule has 110 valence electrons. The Kier molecular flexibility index (Phi) is 4.15. The zero-order valence-corrected chi connectivity index (χ0v) is 10.5. The Morgan fingerprint density at radius 2 is 1.95 bits per heavy atom. The normalized spacial score (nSPS) is 16.9. The second kappa shape index (κ2) is 5.68. The number of carbonyl (C=O) groups excluding carboxylic acids is 2. The minimum atomic E-state index is -4.85. The molecule has 0 radical (unpaired) electrons. The molecule has 1 aliphatic carbocycles. The third-order valence-corrected chi connectivity index (χ3v) is 3.23.